The van der Waals surface area contributed by atoms with Crippen LogP contribution in [0.15, 0.2) is 46.3 Å². The molecule has 1 saturated carbocycles. The highest BCUT2D eigenvalue weighted by atomic mass is 16.5. The maximum absolute atomic E-state index is 11.5. The molecule has 0 spiro atoms. The summed E-state index contributed by atoms with van der Waals surface area (Å²) >= 11 is 0. The molecule has 6 rings (SSSR count). The molecule has 1 aliphatic heterocycles. The van der Waals surface area contributed by atoms with Gasteiger partial charge in [0.15, 0.2) is 11.1 Å². The Morgan fingerprint density at radius 1 is 1.23 bits per heavy atom. The predicted octanol–water partition coefficient (Wildman–Crippen LogP) is 0.638. The van der Waals surface area contributed by atoms with Crippen LogP contribution in [0.3, 0.4) is 0 Å². The lowest BCUT2D eigenvalue weighted by Gasteiger charge is -2.26. The summed E-state index contributed by atoms with van der Waals surface area (Å²) in [5.74, 6) is 0.408. The molecule has 2 aliphatic rings. The van der Waals surface area contributed by atoms with Gasteiger partial charge in [0.2, 0.25) is 5.88 Å². The van der Waals surface area contributed by atoms with Gasteiger partial charge in [0.05, 0.1) is 25.5 Å². The number of aromatic nitrogens is 5. The first-order valence-electron chi connectivity index (χ1n) is 11.7. The number of hydrogen-bond donors (Lipinski definition) is 4. The highest BCUT2D eigenvalue weighted by Crippen LogP contribution is 2.23. The third-order valence-electron chi connectivity index (χ3n) is 6.09. The van der Waals surface area contributed by atoms with E-state index < -0.39 is 5.69 Å². The normalized spacial score (nSPS) is 17.9. The number of hydrogen-bond acceptors (Lipinski definition) is 8. The van der Waals surface area contributed by atoms with E-state index in [0.29, 0.717) is 28.2 Å². The Kier molecular flexibility index (Phi) is 5.55. The van der Waals surface area contributed by atoms with E-state index in [-0.39, 0.29) is 11.6 Å². The first-order chi connectivity index (χ1) is 17.1. The first kappa shape index (κ1) is 21.6. The van der Waals surface area contributed by atoms with Gasteiger partial charge in [-0.2, -0.15) is 9.61 Å². The van der Waals surface area contributed by atoms with E-state index >= 15 is 0 Å². The van der Waals surface area contributed by atoms with Crippen molar-refractivity contribution in [3.63, 3.8) is 0 Å². The van der Waals surface area contributed by atoms with Crippen molar-refractivity contribution in [3.05, 3.63) is 69.0 Å². The molecule has 0 radical (unpaired) electrons. The Morgan fingerprint density at radius 3 is 2.86 bits per heavy atom. The number of morpholine rings is 1. The fourth-order valence-corrected chi connectivity index (χ4v) is 4.17. The minimum absolute atomic E-state index is 0.233. The third-order valence-corrected chi connectivity index (χ3v) is 6.09. The van der Waals surface area contributed by atoms with Crippen LogP contribution in [0, 0.1) is 0 Å². The third kappa shape index (κ3) is 4.81. The number of benzene rings is 1. The van der Waals surface area contributed by atoms with Gasteiger partial charge in [0, 0.05) is 36.6 Å². The van der Waals surface area contributed by atoms with E-state index in [4.69, 9.17) is 14.7 Å². The minimum Gasteiger partial charge on any atom is -0.493 e. The summed E-state index contributed by atoms with van der Waals surface area (Å²) in [7, 11) is 0. The molecule has 35 heavy (non-hydrogen) atoms. The smallest absolute Gasteiger partial charge is 0.326 e. The number of nitrogens with one attached hydrogen (secondary N) is 3. The maximum Gasteiger partial charge on any atom is 0.326 e. The molecule has 2 fully saturated rings. The van der Waals surface area contributed by atoms with E-state index in [1.807, 2.05) is 18.2 Å². The molecule has 0 amide bonds. The predicted molar refractivity (Wildman–Crippen MR) is 129 cm³/mol. The zero-order chi connectivity index (χ0) is 23.8. The van der Waals surface area contributed by atoms with Crippen molar-refractivity contribution in [1.29, 1.82) is 0 Å². The molecule has 0 unspecified atom stereocenters. The number of ether oxygens (including phenoxy) is 1. The van der Waals surface area contributed by atoms with E-state index in [2.05, 4.69) is 37.4 Å². The van der Waals surface area contributed by atoms with Crippen molar-refractivity contribution in [2.75, 3.05) is 31.6 Å². The fraction of sp³-hybridized carbons (Fsp3) is 0.333. The number of fused-ring (bicyclic) bond motifs is 1. The van der Waals surface area contributed by atoms with Gasteiger partial charge in [-0.05, 0) is 36.6 Å². The Balaban J connectivity index is 1.37. The molecule has 0 bridgehead atoms. The van der Waals surface area contributed by atoms with Crippen molar-refractivity contribution >= 4 is 23.2 Å². The van der Waals surface area contributed by atoms with Gasteiger partial charge in [0.1, 0.15) is 11.5 Å². The Bertz CT molecular complexity index is 1540. The molecule has 4 heterocycles. The topological polar surface area (TPSA) is 136 Å². The van der Waals surface area contributed by atoms with Gasteiger partial charge in [-0.3, -0.25) is 14.9 Å². The quantitative estimate of drug-likeness (QED) is 0.322. The number of imidazole rings is 1. The van der Waals surface area contributed by atoms with Crippen LogP contribution < -0.4 is 21.7 Å². The highest BCUT2D eigenvalue weighted by molar-refractivity contribution is 5.61. The highest BCUT2D eigenvalue weighted by Gasteiger charge is 2.20. The number of H-pyrrole nitrogens is 2. The van der Waals surface area contributed by atoms with Crippen molar-refractivity contribution in [3.8, 4) is 5.88 Å². The van der Waals surface area contributed by atoms with Crippen LogP contribution in [-0.2, 0) is 11.3 Å². The molecule has 1 saturated heterocycles. The molecule has 11 nitrogen and oxygen atoms in total. The Morgan fingerprint density at radius 2 is 2.09 bits per heavy atom. The molecule has 4 aromatic rings. The first-order valence-corrected chi connectivity index (χ1v) is 11.7. The van der Waals surface area contributed by atoms with E-state index in [9.17, 15) is 9.90 Å². The Labute approximate surface area is 199 Å². The van der Waals surface area contributed by atoms with Gasteiger partial charge in [0.25, 0.3) is 0 Å². The standard InChI is InChI=1S/C24H26N8O3/c33-23-19(28-24(34)30-23)11-16-13-25-32-21(27-17-4-5-17)12-20(29-22(16)32)26-18-3-1-2-15(10-18)14-31-6-8-35-9-7-31/h1-3,10-13,17,26,33H,4-9,14H2,(H2,28,30,34)/b16-11-,27-21?. The number of aromatic amines is 2. The summed E-state index contributed by atoms with van der Waals surface area (Å²) in [6.07, 6.45) is 5.41. The molecule has 1 aliphatic carbocycles. The molecule has 0 atom stereocenters. The molecule has 4 N–H and O–H groups in total. The van der Waals surface area contributed by atoms with Crippen molar-refractivity contribution in [1.82, 2.24) is 29.5 Å². The average Bonchev–Trinajstić information content (AvgIpc) is 3.48. The van der Waals surface area contributed by atoms with E-state index in [1.54, 1.807) is 16.8 Å². The fourth-order valence-electron chi connectivity index (χ4n) is 4.17. The van der Waals surface area contributed by atoms with Crippen LogP contribution in [-0.4, -0.2) is 66.9 Å². The molecular formula is C24H26N8O3. The second-order valence-electron chi connectivity index (χ2n) is 8.89. The maximum atomic E-state index is 11.5. The lowest BCUT2D eigenvalue weighted by Crippen LogP contribution is -2.35. The monoisotopic (exact) mass is 474 g/mol. The van der Waals surface area contributed by atoms with Gasteiger partial charge in [-0.15, -0.1) is 0 Å². The molecule has 11 heteroatoms. The van der Waals surface area contributed by atoms with Crippen LogP contribution in [0.5, 0.6) is 5.88 Å². The second-order valence-corrected chi connectivity index (χ2v) is 8.89. The van der Waals surface area contributed by atoms with Crippen LogP contribution in [0.4, 0.5) is 11.5 Å². The SMILES string of the molecule is O=c1[nH]c(O)c(/C=c2/cnn3c(=NC4CC4)cc(Nc4cccc(CN5CCOCC5)c4)nc23)[nH]1. The summed E-state index contributed by atoms with van der Waals surface area (Å²) in [6.45, 7) is 4.28. The van der Waals surface area contributed by atoms with Gasteiger partial charge < -0.3 is 20.1 Å². The van der Waals surface area contributed by atoms with E-state index in [0.717, 1.165) is 51.4 Å². The average molecular weight is 475 g/mol. The zero-order valence-corrected chi connectivity index (χ0v) is 19.1. The minimum atomic E-state index is -0.484. The second kappa shape index (κ2) is 9.01. The molecular weight excluding hydrogens is 448 g/mol. The lowest BCUT2D eigenvalue weighted by atomic mass is 10.2. The van der Waals surface area contributed by atoms with Crippen molar-refractivity contribution < 1.29 is 9.84 Å². The summed E-state index contributed by atoms with van der Waals surface area (Å²) < 4.78 is 7.14. The summed E-state index contributed by atoms with van der Waals surface area (Å²) in [5.41, 5.74) is 3.20. The molecule has 3 aromatic heterocycles. The summed E-state index contributed by atoms with van der Waals surface area (Å²) in [5, 5.41) is 18.5. The van der Waals surface area contributed by atoms with Crippen LogP contribution in [0.25, 0.3) is 11.7 Å². The Hall–Kier alpha value is -3.96. The van der Waals surface area contributed by atoms with Crippen molar-refractivity contribution in [2.24, 2.45) is 4.99 Å². The lowest BCUT2D eigenvalue weighted by molar-refractivity contribution is 0.0342. The number of rotatable bonds is 6. The van der Waals surface area contributed by atoms with Crippen molar-refractivity contribution in [2.45, 2.75) is 25.4 Å². The van der Waals surface area contributed by atoms with E-state index in [1.165, 1.54) is 5.56 Å². The van der Waals surface area contributed by atoms with Gasteiger partial charge in [-0.25, -0.2) is 9.78 Å². The van der Waals surface area contributed by atoms with Crippen LogP contribution in [0.1, 0.15) is 24.1 Å². The summed E-state index contributed by atoms with van der Waals surface area (Å²) in [6, 6.07) is 10.5. The van der Waals surface area contributed by atoms with Crippen LogP contribution in [0.2, 0.25) is 0 Å². The zero-order valence-electron chi connectivity index (χ0n) is 19.1. The van der Waals surface area contributed by atoms with Gasteiger partial charge >= 0.3 is 5.69 Å². The summed E-state index contributed by atoms with van der Waals surface area (Å²) in [4.78, 5) is 28.4. The van der Waals surface area contributed by atoms with Crippen LogP contribution >= 0.6 is 0 Å². The molecule has 180 valence electrons. The van der Waals surface area contributed by atoms with Gasteiger partial charge in [-0.1, -0.05) is 12.1 Å². The molecule has 1 aromatic carbocycles. The number of nitrogens with zero attached hydrogens (tertiary/aromatic N) is 5. The number of aromatic hydroxyl groups is 1. The number of anilines is 2. The largest absolute Gasteiger partial charge is 0.493 e.